The van der Waals surface area contributed by atoms with Gasteiger partial charge in [-0.25, -0.2) is 0 Å². The van der Waals surface area contributed by atoms with Gasteiger partial charge in [0.15, 0.2) is 6.23 Å². The number of para-hydroxylation sites is 1. The molecule has 0 radical (unpaired) electrons. The van der Waals surface area contributed by atoms with Crippen LogP contribution < -0.4 is 4.90 Å². The molecular formula is C13H17NO4. The average Bonchev–Trinajstić information content (AvgIpc) is 2.80. The largest absolute Gasteiger partial charge is 0.388 e. The lowest BCUT2D eigenvalue weighted by Gasteiger charge is -2.40. The molecular weight excluding hydrogens is 234 g/mol. The molecule has 4 atom stereocenters. The Balaban J connectivity index is 1.84. The number of anilines is 1. The molecule has 0 saturated carbocycles. The summed E-state index contributed by atoms with van der Waals surface area (Å²) in [6, 6.07) is 7.96. The van der Waals surface area contributed by atoms with Crippen LogP contribution in [-0.4, -0.2) is 53.0 Å². The summed E-state index contributed by atoms with van der Waals surface area (Å²) < 4.78 is 5.48. The highest BCUT2D eigenvalue weighted by Crippen LogP contribution is 2.32. The third-order valence-electron chi connectivity index (χ3n) is 3.70. The van der Waals surface area contributed by atoms with Crippen LogP contribution in [0.5, 0.6) is 0 Å². The molecule has 3 N–H and O–H groups in total. The highest BCUT2D eigenvalue weighted by atomic mass is 16.5. The van der Waals surface area contributed by atoms with E-state index in [2.05, 4.69) is 6.07 Å². The van der Waals surface area contributed by atoms with Crippen LogP contribution in [0.3, 0.4) is 0 Å². The van der Waals surface area contributed by atoms with Gasteiger partial charge in [0.05, 0.1) is 6.61 Å². The third kappa shape index (κ3) is 1.80. The number of benzene rings is 1. The molecule has 1 aromatic rings. The Kier molecular flexibility index (Phi) is 2.99. The van der Waals surface area contributed by atoms with Gasteiger partial charge < -0.3 is 25.0 Å². The topological polar surface area (TPSA) is 73.2 Å². The van der Waals surface area contributed by atoms with Crippen LogP contribution in [0.4, 0.5) is 5.69 Å². The molecule has 0 aliphatic carbocycles. The van der Waals surface area contributed by atoms with Gasteiger partial charge in [-0.05, 0) is 18.1 Å². The number of ether oxygens (including phenoxy) is 1. The summed E-state index contributed by atoms with van der Waals surface area (Å²) in [5, 5.41) is 29.2. The van der Waals surface area contributed by atoms with Crippen molar-refractivity contribution in [1.29, 1.82) is 0 Å². The maximum atomic E-state index is 10.0. The Labute approximate surface area is 105 Å². The van der Waals surface area contributed by atoms with Crippen molar-refractivity contribution in [2.45, 2.75) is 31.0 Å². The average molecular weight is 251 g/mol. The molecule has 0 spiro atoms. The molecule has 1 fully saturated rings. The molecule has 0 amide bonds. The molecule has 98 valence electrons. The second-order valence-electron chi connectivity index (χ2n) is 4.84. The summed E-state index contributed by atoms with van der Waals surface area (Å²) in [7, 11) is 0. The predicted octanol–water partition coefficient (Wildman–Crippen LogP) is -0.512. The Morgan fingerprint density at radius 3 is 2.72 bits per heavy atom. The van der Waals surface area contributed by atoms with E-state index >= 15 is 0 Å². The maximum absolute atomic E-state index is 10.0. The monoisotopic (exact) mass is 251 g/mol. The van der Waals surface area contributed by atoms with Crippen molar-refractivity contribution in [2.75, 3.05) is 18.1 Å². The fourth-order valence-corrected chi connectivity index (χ4v) is 2.69. The minimum Gasteiger partial charge on any atom is -0.388 e. The van der Waals surface area contributed by atoms with E-state index in [1.54, 1.807) is 0 Å². The van der Waals surface area contributed by atoms with Crippen LogP contribution in [-0.2, 0) is 11.2 Å². The minimum absolute atomic E-state index is 0.0432. The van der Waals surface area contributed by atoms with Gasteiger partial charge in [-0.15, -0.1) is 0 Å². The molecule has 1 saturated heterocycles. The maximum Gasteiger partial charge on any atom is 0.159 e. The molecule has 0 aromatic heterocycles. The number of fused-ring (bicyclic) bond motifs is 1. The lowest BCUT2D eigenvalue weighted by Crippen LogP contribution is -2.58. The lowest BCUT2D eigenvalue weighted by atomic mass is 10.0. The predicted molar refractivity (Wildman–Crippen MR) is 65.3 cm³/mol. The van der Waals surface area contributed by atoms with E-state index < -0.39 is 24.5 Å². The van der Waals surface area contributed by atoms with Crippen molar-refractivity contribution >= 4 is 5.69 Å². The van der Waals surface area contributed by atoms with E-state index in [-0.39, 0.29) is 6.61 Å². The van der Waals surface area contributed by atoms with Crippen molar-refractivity contribution < 1.29 is 20.1 Å². The number of nitrogens with zero attached hydrogens (tertiary/aromatic N) is 1. The van der Waals surface area contributed by atoms with Crippen LogP contribution in [0, 0.1) is 0 Å². The zero-order chi connectivity index (χ0) is 12.7. The normalized spacial score (nSPS) is 35.6. The summed E-state index contributed by atoms with van der Waals surface area (Å²) in [6.45, 7) is 0.797. The first-order chi connectivity index (χ1) is 8.68. The van der Waals surface area contributed by atoms with E-state index in [1.807, 2.05) is 23.1 Å². The molecule has 4 unspecified atom stereocenters. The van der Waals surface area contributed by atoms with Gasteiger partial charge >= 0.3 is 0 Å². The standard InChI is InChI=1S/C13H17NO4/c15-10-7-18-13(12(17)11(10)16)14-6-5-8-3-1-2-4-9(8)14/h1-4,10-13,15-17H,5-7H2. The summed E-state index contributed by atoms with van der Waals surface area (Å²) in [5.74, 6) is 0. The fraction of sp³-hybridized carbons (Fsp3) is 0.538. The van der Waals surface area contributed by atoms with Crippen LogP contribution in [0.25, 0.3) is 0 Å². The second kappa shape index (κ2) is 4.51. The zero-order valence-electron chi connectivity index (χ0n) is 9.94. The van der Waals surface area contributed by atoms with Crippen molar-refractivity contribution in [3.05, 3.63) is 29.8 Å². The Morgan fingerprint density at radius 1 is 1.11 bits per heavy atom. The Morgan fingerprint density at radius 2 is 1.89 bits per heavy atom. The number of hydrogen-bond acceptors (Lipinski definition) is 5. The van der Waals surface area contributed by atoms with Gasteiger partial charge in [-0.1, -0.05) is 18.2 Å². The first-order valence-electron chi connectivity index (χ1n) is 6.19. The van der Waals surface area contributed by atoms with Crippen molar-refractivity contribution in [2.24, 2.45) is 0 Å². The van der Waals surface area contributed by atoms with Crippen LogP contribution in [0.1, 0.15) is 5.56 Å². The molecule has 2 aliphatic rings. The number of aliphatic hydroxyl groups is 3. The highest BCUT2D eigenvalue weighted by Gasteiger charge is 2.42. The first kappa shape index (κ1) is 11.9. The zero-order valence-corrected chi connectivity index (χ0v) is 9.94. The summed E-state index contributed by atoms with van der Waals surface area (Å²) in [5.41, 5.74) is 2.25. The lowest BCUT2D eigenvalue weighted by molar-refractivity contribution is -0.186. The SMILES string of the molecule is OC1COC(N2CCc3ccccc32)C(O)C1O. The Bertz CT molecular complexity index is 439. The minimum atomic E-state index is -1.16. The van der Waals surface area contributed by atoms with Crippen LogP contribution in [0.2, 0.25) is 0 Å². The van der Waals surface area contributed by atoms with Gasteiger partial charge in [-0.2, -0.15) is 0 Å². The number of aliphatic hydroxyl groups excluding tert-OH is 3. The van der Waals surface area contributed by atoms with Crippen molar-refractivity contribution in [3.63, 3.8) is 0 Å². The van der Waals surface area contributed by atoms with Crippen molar-refractivity contribution in [3.8, 4) is 0 Å². The molecule has 18 heavy (non-hydrogen) atoms. The molecule has 2 heterocycles. The number of rotatable bonds is 1. The number of hydrogen-bond donors (Lipinski definition) is 3. The van der Waals surface area contributed by atoms with E-state index in [0.29, 0.717) is 0 Å². The summed E-state index contributed by atoms with van der Waals surface area (Å²) in [4.78, 5) is 1.95. The van der Waals surface area contributed by atoms with E-state index in [4.69, 9.17) is 4.74 Å². The fourth-order valence-electron chi connectivity index (χ4n) is 2.69. The van der Waals surface area contributed by atoms with Crippen LogP contribution in [0.15, 0.2) is 24.3 Å². The first-order valence-corrected chi connectivity index (χ1v) is 6.19. The van der Waals surface area contributed by atoms with E-state index in [0.717, 1.165) is 18.7 Å². The molecule has 1 aromatic carbocycles. The molecule has 0 bridgehead atoms. The summed E-state index contributed by atoms with van der Waals surface area (Å²) >= 11 is 0. The molecule has 3 rings (SSSR count). The van der Waals surface area contributed by atoms with Gasteiger partial charge in [0, 0.05) is 12.2 Å². The van der Waals surface area contributed by atoms with Gasteiger partial charge in [0.1, 0.15) is 18.3 Å². The smallest absolute Gasteiger partial charge is 0.159 e. The molecule has 5 heteroatoms. The summed E-state index contributed by atoms with van der Waals surface area (Å²) in [6.07, 6.45) is -2.96. The highest BCUT2D eigenvalue weighted by molar-refractivity contribution is 5.58. The van der Waals surface area contributed by atoms with Gasteiger partial charge in [0.2, 0.25) is 0 Å². The second-order valence-corrected chi connectivity index (χ2v) is 4.84. The van der Waals surface area contributed by atoms with Crippen LogP contribution >= 0.6 is 0 Å². The van der Waals surface area contributed by atoms with Crippen molar-refractivity contribution in [1.82, 2.24) is 0 Å². The Hall–Kier alpha value is -1.14. The molecule has 5 nitrogen and oxygen atoms in total. The van der Waals surface area contributed by atoms with Gasteiger partial charge in [0.25, 0.3) is 0 Å². The molecule has 2 aliphatic heterocycles. The van der Waals surface area contributed by atoms with Gasteiger partial charge in [-0.3, -0.25) is 0 Å². The quantitative estimate of drug-likeness (QED) is 0.627. The van der Waals surface area contributed by atoms with E-state index in [1.165, 1.54) is 5.56 Å². The third-order valence-corrected chi connectivity index (χ3v) is 3.70. The van der Waals surface area contributed by atoms with E-state index in [9.17, 15) is 15.3 Å².